The summed E-state index contributed by atoms with van der Waals surface area (Å²) in [6.07, 6.45) is 2.83. The molecule has 0 amide bonds. The van der Waals surface area contributed by atoms with Gasteiger partial charge in [-0.1, -0.05) is 125 Å². The predicted molar refractivity (Wildman–Crippen MR) is 157 cm³/mol. The van der Waals surface area contributed by atoms with Crippen LogP contribution in [-0.4, -0.2) is 23.3 Å². The van der Waals surface area contributed by atoms with Crippen molar-refractivity contribution in [3.8, 4) is 0 Å². The highest BCUT2D eigenvalue weighted by Crippen LogP contribution is 2.38. The van der Waals surface area contributed by atoms with Gasteiger partial charge in [-0.05, 0) is 47.3 Å². The van der Waals surface area contributed by atoms with Crippen LogP contribution >= 0.6 is 0 Å². The maximum absolute atomic E-state index is 14.1. The van der Waals surface area contributed by atoms with Crippen LogP contribution in [0.5, 0.6) is 0 Å². The van der Waals surface area contributed by atoms with E-state index in [0.29, 0.717) is 29.9 Å². The van der Waals surface area contributed by atoms with Crippen LogP contribution in [0.2, 0.25) is 0 Å². The monoisotopic (exact) mass is 509 g/mol. The zero-order valence-electron chi connectivity index (χ0n) is 23.3. The molecule has 1 unspecified atom stereocenters. The molecule has 1 aliphatic carbocycles. The Morgan fingerprint density at radius 3 is 1.92 bits per heavy atom. The molecule has 200 valence electrons. The van der Waals surface area contributed by atoms with E-state index in [9.17, 15) is 4.79 Å². The summed E-state index contributed by atoms with van der Waals surface area (Å²) < 4.78 is 6.79. The molecular weight excluding hydrogens is 466 g/mol. The maximum Gasteiger partial charge on any atom is 0.192 e. The molecule has 38 heavy (non-hydrogen) atoms. The van der Waals surface area contributed by atoms with Crippen molar-refractivity contribution in [1.29, 1.82) is 0 Å². The second-order valence-electron chi connectivity index (χ2n) is 11.4. The summed E-state index contributed by atoms with van der Waals surface area (Å²) in [6.45, 7) is 13.2. The molecule has 1 aliphatic rings. The minimum absolute atomic E-state index is 0.0111. The molecular formula is C35H43NO2. The first kappa shape index (κ1) is 28.0. The first-order valence-electron chi connectivity index (χ1n) is 14.1. The third-order valence-corrected chi connectivity index (χ3v) is 7.87. The van der Waals surface area contributed by atoms with Gasteiger partial charge in [0.05, 0.1) is 6.10 Å². The van der Waals surface area contributed by atoms with Crippen molar-refractivity contribution in [2.24, 2.45) is 17.8 Å². The standard InChI is InChI=1S/C35H43NO2/c1-26(2)32-21-20-27(3)22-33(32)38-35(31-18-12-7-13-19-31)34(37)28(4)23-36(24-29-14-8-5-9-15-29)25-30-16-10-6-11-17-30/h5-19,26-27,32-33,35H,4,20-25H2,1-3H3/t27-,32+,33-,35?/m0/s1. The molecule has 3 heteroatoms. The Morgan fingerprint density at radius 2 is 1.39 bits per heavy atom. The summed E-state index contributed by atoms with van der Waals surface area (Å²) in [5, 5.41) is 0. The van der Waals surface area contributed by atoms with Crippen LogP contribution in [0.1, 0.15) is 62.8 Å². The summed E-state index contributed by atoms with van der Waals surface area (Å²) in [4.78, 5) is 16.4. The lowest BCUT2D eigenvalue weighted by molar-refractivity contribution is -0.139. The first-order valence-corrected chi connectivity index (χ1v) is 14.1. The van der Waals surface area contributed by atoms with Gasteiger partial charge in [0.2, 0.25) is 0 Å². The smallest absolute Gasteiger partial charge is 0.192 e. The Hall–Kier alpha value is -3.01. The van der Waals surface area contributed by atoms with Gasteiger partial charge >= 0.3 is 0 Å². The number of benzene rings is 3. The van der Waals surface area contributed by atoms with Crippen molar-refractivity contribution in [1.82, 2.24) is 4.90 Å². The number of nitrogens with zero attached hydrogens (tertiary/aromatic N) is 1. The molecule has 0 heterocycles. The van der Waals surface area contributed by atoms with Crippen molar-refractivity contribution < 1.29 is 9.53 Å². The van der Waals surface area contributed by atoms with E-state index in [2.05, 4.69) is 80.8 Å². The zero-order valence-corrected chi connectivity index (χ0v) is 23.3. The average molecular weight is 510 g/mol. The second-order valence-corrected chi connectivity index (χ2v) is 11.4. The van der Waals surface area contributed by atoms with Gasteiger partial charge in [0.15, 0.2) is 5.78 Å². The minimum atomic E-state index is -0.629. The first-order chi connectivity index (χ1) is 18.4. The molecule has 1 fully saturated rings. The Kier molecular flexibility index (Phi) is 10.1. The fourth-order valence-electron chi connectivity index (χ4n) is 5.75. The summed E-state index contributed by atoms with van der Waals surface area (Å²) in [6, 6.07) is 30.8. The lowest BCUT2D eigenvalue weighted by Gasteiger charge is -2.39. The number of carbonyl (C=O) groups is 1. The lowest BCUT2D eigenvalue weighted by Crippen LogP contribution is -2.37. The molecule has 0 aliphatic heterocycles. The topological polar surface area (TPSA) is 29.5 Å². The summed E-state index contributed by atoms with van der Waals surface area (Å²) in [5.74, 6) is 1.58. The van der Waals surface area contributed by atoms with Crippen molar-refractivity contribution in [3.05, 3.63) is 120 Å². The van der Waals surface area contributed by atoms with E-state index in [1.807, 2.05) is 42.5 Å². The number of hydrogen-bond acceptors (Lipinski definition) is 3. The minimum Gasteiger partial charge on any atom is -0.362 e. The van der Waals surface area contributed by atoms with E-state index in [4.69, 9.17) is 4.74 Å². The van der Waals surface area contributed by atoms with Gasteiger partial charge in [-0.2, -0.15) is 0 Å². The van der Waals surface area contributed by atoms with Gasteiger partial charge < -0.3 is 4.74 Å². The third-order valence-electron chi connectivity index (χ3n) is 7.87. The van der Waals surface area contributed by atoms with Crippen LogP contribution in [0.25, 0.3) is 0 Å². The SMILES string of the molecule is C=C(CN(Cc1ccccc1)Cc1ccccc1)C(=O)C(O[C@H]1C[C@@H](C)CC[C@@H]1C(C)C)c1ccccc1. The lowest BCUT2D eigenvalue weighted by atomic mass is 9.75. The summed E-state index contributed by atoms with van der Waals surface area (Å²) in [5.41, 5.74) is 3.94. The van der Waals surface area contributed by atoms with Gasteiger partial charge in [-0.25, -0.2) is 0 Å². The van der Waals surface area contributed by atoms with Crippen molar-refractivity contribution >= 4 is 5.78 Å². The predicted octanol–water partition coefficient (Wildman–Crippen LogP) is 8.03. The molecule has 3 nitrogen and oxygen atoms in total. The normalized spacial score (nSPS) is 20.4. The van der Waals surface area contributed by atoms with E-state index in [1.165, 1.54) is 17.5 Å². The second kappa shape index (κ2) is 13.7. The van der Waals surface area contributed by atoms with E-state index in [0.717, 1.165) is 31.5 Å². The van der Waals surface area contributed by atoms with Crippen molar-refractivity contribution in [2.45, 2.75) is 65.3 Å². The molecule has 3 aromatic carbocycles. The van der Waals surface area contributed by atoms with E-state index in [-0.39, 0.29) is 11.9 Å². The molecule has 1 saturated carbocycles. The summed E-state index contributed by atoms with van der Waals surface area (Å²) in [7, 11) is 0. The molecule has 0 spiro atoms. The third kappa shape index (κ3) is 7.75. The number of Topliss-reactive ketones (excluding diaryl/α,β-unsaturated/α-hetero) is 1. The van der Waals surface area contributed by atoms with Gasteiger partial charge in [0.25, 0.3) is 0 Å². The van der Waals surface area contributed by atoms with Gasteiger partial charge in [0.1, 0.15) is 6.10 Å². The largest absolute Gasteiger partial charge is 0.362 e. The van der Waals surface area contributed by atoms with Crippen LogP contribution < -0.4 is 0 Å². The average Bonchev–Trinajstić information content (AvgIpc) is 2.92. The molecule has 4 atom stereocenters. The number of carbonyl (C=O) groups excluding carboxylic acids is 1. The quantitative estimate of drug-likeness (QED) is 0.231. The summed E-state index contributed by atoms with van der Waals surface area (Å²) >= 11 is 0. The fourth-order valence-corrected chi connectivity index (χ4v) is 5.75. The van der Waals surface area contributed by atoms with Crippen LogP contribution in [0.4, 0.5) is 0 Å². The molecule has 0 saturated heterocycles. The van der Waals surface area contributed by atoms with Gasteiger partial charge in [0, 0.05) is 25.2 Å². The Bertz CT molecular complexity index is 1100. The molecule has 0 aromatic heterocycles. The Labute approximate surface area is 229 Å². The highest BCUT2D eigenvalue weighted by molar-refractivity contribution is 5.99. The number of ether oxygens (including phenoxy) is 1. The molecule has 4 rings (SSSR count). The van der Waals surface area contributed by atoms with E-state index >= 15 is 0 Å². The van der Waals surface area contributed by atoms with Crippen LogP contribution in [0.15, 0.2) is 103 Å². The highest BCUT2D eigenvalue weighted by Gasteiger charge is 2.36. The number of rotatable bonds is 12. The molecule has 0 bridgehead atoms. The van der Waals surface area contributed by atoms with Crippen LogP contribution in [0, 0.1) is 17.8 Å². The highest BCUT2D eigenvalue weighted by atomic mass is 16.5. The maximum atomic E-state index is 14.1. The fraction of sp³-hybridized carbons (Fsp3) is 0.400. The molecule has 3 aromatic rings. The van der Waals surface area contributed by atoms with Crippen LogP contribution in [0.3, 0.4) is 0 Å². The number of hydrogen-bond donors (Lipinski definition) is 0. The van der Waals surface area contributed by atoms with E-state index < -0.39 is 6.10 Å². The van der Waals surface area contributed by atoms with Crippen molar-refractivity contribution in [2.75, 3.05) is 6.54 Å². The molecule has 0 N–H and O–H groups in total. The Morgan fingerprint density at radius 1 is 0.868 bits per heavy atom. The molecule has 0 radical (unpaired) electrons. The van der Waals surface area contributed by atoms with E-state index in [1.54, 1.807) is 0 Å². The number of ketones is 1. The zero-order chi connectivity index (χ0) is 26.9. The Balaban J connectivity index is 1.55. The van der Waals surface area contributed by atoms with Crippen molar-refractivity contribution in [3.63, 3.8) is 0 Å². The van der Waals surface area contributed by atoms with Crippen LogP contribution in [-0.2, 0) is 22.6 Å². The van der Waals surface area contributed by atoms with Gasteiger partial charge in [-0.15, -0.1) is 0 Å². The van der Waals surface area contributed by atoms with Gasteiger partial charge in [-0.3, -0.25) is 9.69 Å².